The van der Waals surface area contributed by atoms with Gasteiger partial charge in [-0.3, -0.25) is 4.99 Å². The Kier molecular flexibility index (Phi) is 6.70. The molecule has 0 spiro atoms. The minimum absolute atomic E-state index is 0.00389. The Balaban J connectivity index is 1.28. The van der Waals surface area contributed by atoms with Gasteiger partial charge in [-0.1, -0.05) is 18.2 Å². The zero-order valence-electron chi connectivity index (χ0n) is 19.6. The van der Waals surface area contributed by atoms with Crippen LogP contribution in [0.15, 0.2) is 35.5 Å². The van der Waals surface area contributed by atoms with Crippen LogP contribution in [0.5, 0.6) is 6.01 Å². The molecule has 10 nitrogen and oxygen atoms in total. The third-order valence-electron chi connectivity index (χ3n) is 5.77. The summed E-state index contributed by atoms with van der Waals surface area (Å²) < 4.78 is 22.8. The number of aliphatic imine (C=N–C) groups is 1. The maximum absolute atomic E-state index is 5.91. The predicted octanol–water partition coefficient (Wildman–Crippen LogP) is 2.73. The monoisotopic (exact) mass is 466 g/mol. The van der Waals surface area contributed by atoms with Gasteiger partial charge in [0.1, 0.15) is 0 Å². The largest absolute Gasteiger partial charge is 0.463 e. The van der Waals surface area contributed by atoms with E-state index in [1.165, 1.54) is 0 Å². The second-order valence-corrected chi connectivity index (χ2v) is 8.78. The predicted molar refractivity (Wildman–Crippen MR) is 127 cm³/mol. The molecule has 2 aliphatic heterocycles. The molecule has 1 N–H and O–H groups in total. The first-order valence-electron chi connectivity index (χ1n) is 11.6. The second-order valence-electron chi connectivity index (χ2n) is 8.78. The van der Waals surface area contributed by atoms with Crippen LogP contribution in [0, 0.1) is 0 Å². The first-order valence-corrected chi connectivity index (χ1v) is 11.6. The summed E-state index contributed by atoms with van der Waals surface area (Å²) in [5.41, 5.74) is 2.10. The SMILES string of the molecule is CC1(C)OCC(CCOc2nc(CN=Cc3c[nH]c4ccccc34)nc(N3CCOCC3)n2)O1. The molecule has 2 saturated heterocycles. The van der Waals surface area contributed by atoms with Gasteiger partial charge in [-0.05, 0) is 19.9 Å². The Labute approximate surface area is 198 Å². The van der Waals surface area contributed by atoms with Gasteiger partial charge in [-0.25, -0.2) is 0 Å². The number of aromatic amines is 1. The van der Waals surface area contributed by atoms with Gasteiger partial charge in [0.15, 0.2) is 11.6 Å². The lowest BCUT2D eigenvalue weighted by molar-refractivity contribution is -0.139. The lowest BCUT2D eigenvalue weighted by Crippen LogP contribution is -2.37. The summed E-state index contributed by atoms with van der Waals surface area (Å²) in [6.07, 6.45) is 4.48. The van der Waals surface area contributed by atoms with Crippen molar-refractivity contribution in [3.8, 4) is 6.01 Å². The molecule has 0 bridgehead atoms. The molecule has 2 aliphatic rings. The maximum Gasteiger partial charge on any atom is 0.321 e. The van der Waals surface area contributed by atoms with Crippen molar-refractivity contribution < 1.29 is 18.9 Å². The molecule has 2 fully saturated rings. The van der Waals surface area contributed by atoms with E-state index < -0.39 is 5.79 Å². The van der Waals surface area contributed by atoms with Gasteiger partial charge in [0, 0.05) is 48.4 Å². The molecule has 0 saturated carbocycles. The molecule has 3 aromatic rings. The molecular formula is C24H30N6O4. The summed E-state index contributed by atoms with van der Waals surface area (Å²) in [7, 11) is 0. The lowest BCUT2D eigenvalue weighted by Gasteiger charge is -2.26. The highest BCUT2D eigenvalue weighted by atomic mass is 16.7. The van der Waals surface area contributed by atoms with Crippen molar-refractivity contribution in [1.82, 2.24) is 19.9 Å². The van der Waals surface area contributed by atoms with Crippen LogP contribution in [-0.4, -0.2) is 77.6 Å². The number of hydrogen-bond donors (Lipinski definition) is 1. The van der Waals surface area contributed by atoms with Crippen LogP contribution in [0.1, 0.15) is 31.7 Å². The average Bonchev–Trinajstić information content (AvgIpc) is 3.42. The lowest BCUT2D eigenvalue weighted by atomic mass is 10.2. The maximum atomic E-state index is 5.91. The summed E-state index contributed by atoms with van der Waals surface area (Å²) in [6, 6.07) is 8.43. The van der Waals surface area contributed by atoms with E-state index in [1.54, 1.807) is 0 Å². The molecule has 5 rings (SSSR count). The van der Waals surface area contributed by atoms with Crippen molar-refractivity contribution in [1.29, 1.82) is 0 Å². The summed E-state index contributed by atoms with van der Waals surface area (Å²) in [5, 5.41) is 1.13. The van der Waals surface area contributed by atoms with E-state index in [0.717, 1.165) is 29.6 Å². The third kappa shape index (κ3) is 5.52. The van der Waals surface area contributed by atoms with E-state index in [4.69, 9.17) is 18.9 Å². The Hall–Kier alpha value is -3.08. The van der Waals surface area contributed by atoms with Crippen molar-refractivity contribution in [2.75, 3.05) is 44.4 Å². The Morgan fingerprint density at radius 3 is 2.88 bits per heavy atom. The Morgan fingerprint density at radius 2 is 2.06 bits per heavy atom. The number of morpholine rings is 1. The molecule has 10 heteroatoms. The van der Waals surface area contributed by atoms with Crippen molar-refractivity contribution >= 4 is 23.1 Å². The number of hydrogen-bond acceptors (Lipinski definition) is 9. The zero-order valence-corrected chi connectivity index (χ0v) is 19.6. The standard InChI is InChI=1S/C24H30N6O4/c1-24(2)33-16-18(34-24)7-10-32-23-28-21(27-22(29-23)30-8-11-31-12-9-30)15-25-13-17-14-26-20-6-4-3-5-19(17)20/h3-6,13-14,18,26H,7-12,15-16H2,1-2H3. The van der Waals surface area contributed by atoms with E-state index >= 15 is 0 Å². The molecule has 1 unspecified atom stereocenters. The zero-order chi connectivity index (χ0) is 23.4. The van der Waals surface area contributed by atoms with E-state index in [2.05, 4.69) is 35.9 Å². The number of ether oxygens (including phenoxy) is 4. The van der Waals surface area contributed by atoms with Crippen molar-refractivity contribution in [2.24, 2.45) is 4.99 Å². The van der Waals surface area contributed by atoms with Crippen molar-refractivity contribution in [3.05, 3.63) is 41.9 Å². The van der Waals surface area contributed by atoms with Gasteiger partial charge in [0.25, 0.3) is 0 Å². The summed E-state index contributed by atoms with van der Waals surface area (Å²) >= 11 is 0. The minimum Gasteiger partial charge on any atom is -0.463 e. The molecule has 1 atom stereocenters. The average molecular weight is 467 g/mol. The summed E-state index contributed by atoms with van der Waals surface area (Å²) in [5.74, 6) is 0.605. The Bertz CT molecular complexity index is 1140. The molecular weight excluding hydrogens is 436 g/mol. The van der Waals surface area contributed by atoms with Gasteiger partial charge in [-0.2, -0.15) is 15.0 Å². The van der Waals surface area contributed by atoms with Crippen LogP contribution in [0.3, 0.4) is 0 Å². The number of fused-ring (bicyclic) bond motifs is 1. The smallest absolute Gasteiger partial charge is 0.321 e. The number of anilines is 1. The molecule has 0 radical (unpaired) electrons. The molecule has 4 heterocycles. The quantitative estimate of drug-likeness (QED) is 0.505. The van der Waals surface area contributed by atoms with Crippen LogP contribution >= 0.6 is 0 Å². The van der Waals surface area contributed by atoms with Gasteiger partial charge in [0.2, 0.25) is 5.95 Å². The highest BCUT2D eigenvalue weighted by Crippen LogP contribution is 2.24. The van der Waals surface area contributed by atoms with Crippen LogP contribution in [0.25, 0.3) is 10.9 Å². The number of benzene rings is 1. The number of rotatable bonds is 8. The van der Waals surface area contributed by atoms with Gasteiger partial charge < -0.3 is 28.8 Å². The molecule has 0 aliphatic carbocycles. The fraction of sp³-hybridized carbons (Fsp3) is 0.500. The summed E-state index contributed by atoms with van der Waals surface area (Å²) in [4.78, 5) is 23.6. The number of nitrogens with one attached hydrogen (secondary N) is 1. The van der Waals surface area contributed by atoms with Crippen LogP contribution in [-0.2, 0) is 20.8 Å². The van der Waals surface area contributed by atoms with E-state index in [0.29, 0.717) is 57.2 Å². The number of para-hydroxylation sites is 1. The van der Waals surface area contributed by atoms with Crippen molar-refractivity contribution in [3.63, 3.8) is 0 Å². The number of H-pyrrole nitrogens is 1. The molecule has 0 amide bonds. The first-order chi connectivity index (χ1) is 16.6. The minimum atomic E-state index is -0.544. The normalized spacial score (nSPS) is 20.4. The molecule has 34 heavy (non-hydrogen) atoms. The Morgan fingerprint density at radius 1 is 1.21 bits per heavy atom. The van der Waals surface area contributed by atoms with E-state index in [9.17, 15) is 0 Å². The number of nitrogens with zero attached hydrogens (tertiary/aromatic N) is 5. The van der Waals surface area contributed by atoms with Crippen LogP contribution < -0.4 is 9.64 Å². The fourth-order valence-electron chi connectivity index (χ4n) is 4.04. The van der Waals surface area contributed by atoms with E-state index in [1.807, 2.05) is 44.5 Å². The fourth-order valence-corrected chi connectivity index (χ4v) is 4.04. The van der Waals surface area contributed by atoms with Gasteiger partial charge >= 0.3 is 6.01 Å². The second kappa shape index (κ2) is 10.0. The first kappa shape index (κ1) is 22.7. The third-order valence-corrected chi connectivity index (χ3v) is 5.77. The van der Waals surface area contributed by atoms with Crippen molar-refractivity contribution in [2.45, 2.75) is 38.7 Å². The molecule has 2 aromatic heterocycles. The molecule has 180 valence electrons. The summed E-state index contributed by atoms with van der Waals surface area (Å²) in [6.45, 7) is 7.87. The van der Waals surface area contributed by atoms with Crippen LogP contribution in [0.4, 0.5) is 5.95 Å². The number of aromatic nitrogens is 4. The van der Waals surface area contributed by atoms with Gasteiger partial charge in [0.05, 0.1) is 39.1 Å². The topological polar surface area (TPSA) is 107 Å². The highest BCUT2D eigenvalue weighted by molar-refractivity contribution is 5.98. The highest BCUT2D eigenvalue weighted by Gasteiger charge is 2.32. The molecule has 1 aromatic carbocycles. The van der Waals surface area contributed by atoms with Crippen LogP contribution in [0.2, 0.25) is 0 Å². The van der Waals surface area contributed by atoms with E-state index in [-0.39, 0.29) is 6.10 Å². The van der Waals surface area contributed by atoms with Gasteiger partial charge in [-0.15, -0.1) is 0 Å².